The van der Waals surface area contributed by atoms with E-state index < -0.39 is 70.4 Å². The van der Waals surface area contributed by atoms with E-state index in [1.807, 2.05) is 13.8 Å². The van der Waals surface area contributed by atoms with Gasteiger partial charge in [-0.15, -0.1) is 47.0 Å². The van der Waals surface area contributed by atoms with Crippen molar-refractivity contribution in [3.63, 3.8) is 0 Å². The Labute approximate surface area is 409 Å². The van der Waals surface area contributed by atoms with Gasteiger partial charge in [0.1, 0.15) is 23.9 Å². The molecule has 0 radical (unpaired) electrons. The van der Waals surface area contributed by atoms with Gasteiger partial charge in [-0.1, -0.05) is 75.2 Å². The number of nitrogens with two attached hydrogens (primary N) is 2. The van der Waals surface area contributed by atoms with E-state index in [2.05, 4.69) is 22.1 Å². The molecule has 4 heterocycles. The van der Waals surface area contributed by atoms with Crippen LogP contribution in [0.1, 0.15) is 72.3 Å². The van der Waals surface area contributed by atoms with Crippen molar-refractivity contribution in [1.82, 2.24) is 9.80 Å². The Kier molecular flexibility index (Phi) is 17.6. The van der Waals surface area contributed by atoms with Gasteiger partial charge >= 0.3 is 23.9 Å². The number of aliphatic imine (C=N–C) groups is 2. The van der Waals surface area contributed by atoms with Gasteiger partial charge in [-0.25, -0.2) is 9.59 Å². The predicted octanol–water partition coefficient (Wildman–Crippen LogP) is 4.94. The number of nitriles is 2. The number of carbonyl (C=O) groups excluding carboxylic acids is 2. The van der Waals surface area contributed by atoms with E-state index in [0.29, 0.717) is 69.7 Å². The average molecular weight is 1000 g/mol. The Morgan fingerprint density at radius 1 is 0.676 bits per heavy atom. The van der Waals surface area contributed by atoms with Gasteiger partial charge in [0, 0.05) is 36.1 Å². The number of amides is 2. The minimum absolute atomic E-state index is 0.0618. The molecule has 358 valence electrons. The van der Waals surface area contributed by atoms with Gasteiger partial charge in [0.05, 0.1) is 55.3 Å². The summed E-state index contributed by atoms with van der Waals surface area (Å²) in [6, 6.07) is 13.9. The van der Waals surface area contributed by atoms with Crippen LogP contribution in [0.3, 0.4) is 0 Å². The second kappa shape index (κ2) is 23.1. The topological polar surface area (TPSA) is 314 Å². The summed E-state index contributed by atoms with van der Waals surface area (Å²) in [5.74, 6) is -7.13. The van der Waals surface area contributed by atoms with E-state index in [0.717, 1.165) is 59.9 Å². The highest BCUT2D eigenvalue weighted by atomic mass is 32.2. The van der Waals surface area contributed by atoms with Crippen LogP contribution in [0.5, 0.6) is 0 Å². The molecule has 0 bridgehead atoms. The Balaban J connectivity index is 1.43. The third-order valence-electron chi connectivity index (χ3n) is 11.6. The monoisotopic (exact) mass is 1000 g/mol. The number of thioether (sulfide) groups is 4. The molecule has 8 atom stereocenters. The van der Waals surface area contributed by atoms with Crippen molar-refractivity contribution in [1.29, 1.82) is 10.5 Å². The lowest BCUT2D eigenvalue weighted by molar-refractivity contribution is -0.138. The quantitative estimate of drug-likeness (QED) is 0.0811. The predicted molar refractivity (Wildman–Crippen MR) is 262 cm³/mol. The molecule has 0 saturated heterocycles. The molecule has 0 fully saturated rings. The molecule has 2 aromatic rings. The van der Waals surface area contributed by atoms with E-state index in [4.69, 9.17) is 11.5 Å². The number of benzene rings is 2. The molecule has 22 heteroatoms. The summed E-state index contributed by atoms with van der Waals surface area (Å²) < 4.78 is 0. The number of hydrogen-bond acceptors (Lipinski definition) is 16. The Hall–Kier alpha value is -5.62. The average Bonchev–Trinajstić information content (AvgIpc) is 4.13. The highest BCUT2D eigenvalue weighted by Crippen LogP contribution is 2.49. The lowest BCUT2D eigenvalue weighted by Crippen LogP contribution is -2.33. The van der Waals surface area contributed by atoms with Crippen molar-refractivity contribution >= 4 is 104 Å². The fourth-order valence-electron chi connectivity index (χ4n) is 7.93. The van der Waals surface area contributed by atoms with Crippen molar-refractivity contribution in [3.8, 4) is 12.1 Å². The lowest BCUT2D eigenvalue weighted by Gasteiger charge is -2.26. The summed E-state index contributed by atoms with van der Waals surface area (Å²) in [6.07, 6.45) is 2.73. The molecule has 0 aliphatic carbocycles. The van der Waals surface area contributed by atoms with E-state index in [1.54, 1.807) is 58.3 Å². The summed E-state index contributed by atoms with van der Waals surface area (Å²) in [5, 5.41) is 58.3. The van der Waals surface area contributed by atoms with Gasteiger partial charge in [0.25, 0.3) is 11.8 Å². The molecular formula is C46H50N8O10S4. The molecule has 2 aromatic carbocycles. The Morgan fingerprint density at radius 3 is 1.31 bits per heavy atom. The maximum Gasteiger partial charge on any atom is 0.329 e. The first-order valence-electron chi connectivity index (χ1n) is 21.8. The van der Waals surface area contributed by atoms with Crippen molar-refractivity contribution in [2.24, 2.45) is 33.3 Å². The number of rotatable bonds is 24. The fourth-order valence-corrected chi connectivity index (χ4v) is 12.9. The van der Waals surface area contributed by atoms with Crippen LogP contribution in [0.4, 0.5) is 0 Å². The first-order valence-corrected chi connectivity index (χ1v) is 25.8. The van der Waals surface area contributed by atoms with Gasteiger partial charge in [-0.2, -0.15) is 10.5 Å². The second-order valence-corrected chi connectivity index (χ2v) is 20.6. The largest absolute Gasteiger partial charge is 0.480 e. The molecular weight excluding hydrogens is 953 g/mol. The summed E-state index contributed by atoms with van der Waals surface area (Å²) in [5.41, 5.74) is 15.3. The number of unbranched alkanes of at least 4 members (excludes halogenated alkanes) is 2. The second-order valence-electron chi connectivity index (χ2n) is 16.2. The van der Waals surface area contributed by atoms with E-state index >= 15 is 0 Å². The zero-order chi connectivity index (χ0) is 49.4. The minimum Gasteiger partial charge on any atom is -0.480 e. The van der Waals surface area contributed by atoms with Crippen LogP contribution < -0.4 is 11.5 Å². The molecule has 0 aromatic heterocycles. The number of fused-ring (bicyclic) bond motifs is 1. The van der Waals surface area contributed by atoms with Crippen LogP contribution in [0.2, 0.25) is 0 Å². The summed E-state index contributed by atoms with van der Waals surface area (Å²) in [7, 11) is 0. The zero-order valence-electron chi connectivity index (χ0n) is 37.0. The van der Waals surface area contributed by atoms with Gasteiger partial charge < -0.3 is 41.7 Å². The van der Waals surface area contributed by atoms with Gasteiger partial charge in [0.2, 0.25) is 0 Å². The first-order chi connectivity index (χ1) is 32.6. The maximum atomic E-state index is 14.8. The van der Waals surface area contributed by atoms with Crippen LogP contribution in [0, 0.1) is 34.5 Å². The van der Waals surface area contributed by atoms with Gasteiger partial charge in [-0.3, -0.25) is 29.2 Å². The first kappa shape index (κ1) is 51.8. The standard InChI is InChI=1S/C46H50N8O10S4/c1-3-5-15-53-35(23-7-11-25(12-8-23)37(65-19-29(49)43(57)58)27(17-47)39-51-31(21-67-39)45(61)62)33-34(41(53)55)36(54(42(33)56)16-6-4-2)24-9-13-26(14-10-24)38(66-20-30(50)44(59)60)28(18-48)40-52-32(22-68-40)46(63)64/h7-14,27-32,37-38H,3-6,15-16,19-22,49-50H2,1-2H3,(H,57,58)(H,59,60)(H,61,62)(H,63,64). The maximum absolute atomic E-state index is 14.8. The molecule has 18 nitrogen and oxygen atoms in total. The van der Waals surface area contributed by atoms with Crippen LogP contribution in [-0.2, 0) is 28.8 Å². The molecule has 8 N–H and O–H groups in total. The molecule has 68 heavy (non-hydrogen) atoms. The normalized spacial score (nSPS) is 20.6. The van der Waals surface area contributed by atoms with Gasteiger partial charge in [-0.05, 0) is 35.1 Å². The van der Waals surface area contributed by atoms with Crippen LogP contribution in [-0.4, -0.2) is 136 Å². The van der Waals surface area contributed by atoms with Crippen molar-refractivity contribution in [3.05, 3.63) is 81.9 Å². The molecule has 2 amide bonds. The summed E-state index contributed by atoms with van der Waals surface area (Å²) in [4.78, 5) is 88.3. The smallest absolute Gasteiger partial charge is 0.329 e. The number of nitrogens with zero attached hydrogens (tertiary/aromatic N) is 6. The third-order valence-corrected chi connectivity index (χ3v) is 16.7. The fraction of sp³-hybridized carbons (Fsp3) is 0.435. The highest BCUT2D eigenvalue weighted by Gasteiger charge is 2.49. The van der Waals surface area contributed by atoms with Crippen LogP contribution in [0.25, 0.3) is 11.4 Å². The molecule has 4 aliphatic heterocycles. The molecule has 4 aliphatic rings. The molecule has 6 rings (SSSR count). The number of carbonyl (C=O) groups is 6. The van der Waals surface area contributed by atoms with Crippen molar-refractivity contribution in [2.75, 3.05) is 36.1 Å². The number of hydrogen-bond donors (Lipinski definition) is 6. The Morgan fingerprint density at radius 2 is 1.03 bits per heavy atom. The van der Waals surface area contributed by atoms with Crippen molar-refractivity contribution in [2.45, 2.75) is 74.2 Å². The Bertz CT molecular complexity index is 2360. The number of carboxylic acids is 4. The SMILES string of the molecule is CCCCN1C(=O)C2=C(c3ccc(C(SCC(N)C(=O)O)C(C#N)C4=NC(C(=O)O)CS4)cc3)N(CCCC)C(=O)C2=C1c1ccc(C(SCC(N)C(=O)O)C(C#N)C2=NC(C(=O)O)CS2)cc1. The lowest BCUT2D eigenvalue weighted by atomic mass is 9.96. The summed E-state index contributed by atoms with van der Waals surface area (Å²) >= 11 is 4.60. The van der Waals surface area contributed by atoms with E-state index in [-0.39, 0.29) is 46.0 Å². The van der Waals surface area contributed by atoms with E-state index in [9.17, 15) is 59.7 Å². The number of carboxylic acid groups (broad SMARTS) is 4. The van der Waals surface area contributed by atoms with Crippen LogP contribution in [0.15, 0.2) is 69.7 Å². The third kappa shape index (κ3) is 11.1. The van der Waals surface area contributed by atoms with Gasteiger partial charge in [0.15, 0.2) is 12.1 Å². The minimum atomic E-state index is -1.24. The molecule has 0 saturated carbocycles. The zero-order valence-corrected chi connectivity index (χ0v) is 40.3. The number of aliphatic carboxylic acids is 4. The van der Waals surface area contributed by atoms with E-state index in [1.165, 1.54) is 0 Å². The highest BCUT2D eigenvalue weighted by molar-refractivity contribution is 8.14. The van der Waals surface area contributed by atoms with Crippen LogP contribution >= 0.6 is 47.0 Å². The molecule has 8 unspecified atom stereocenters. The summed E-state index contributed by atoms with van der Waals surface area (Å²) in [6.45, 7) is 4.57. The molecule has 0 spiro atoms. The van der Waals surface area contributed by atoms with Crippen molar-refractivity contribution < 1.29 is 49.2 Å².